The lowest BCUT2D eigenvalue weighted by atomic mass is 10.2. The van der Waals surface area contributed by atoms with E-state index in [1.54, 1.807) is 0 Å². The molecule has 8 heteroatoms. The summed E-state index contributed by atoms with van der Waals surface area (Å²) in [5.74, 6) is 0. The normalized spacial score (nSPS) is 11.3. The molecule has 0 unspecified atom stereocenters. The van der Waals surface area contributed by atoms with Crippen LogP contribution in [0.25, 0.3) is 0 Å². The fourth-order valence-electron chi connectivity index (χ4n) is 1.76. The third-order valence-electron chi connectivity index (χ3n) is 3.34. The second-order valence-corrected chi connectivity index (χ2v) is 5.16. The molecule has 0 N–H and O–H groups in total. The summed E-state index contributed by atoms with van der Waals surface area (Å²) in [5.41, 5.74) is 2.74. The van der Waals surface area contributed by atoms with Gasteiger partial charge in [0.15, 0.2) is 5.69 Å². The summed E-state index contributed by atoms with van der Waals surface area (Å²) in [5, 5.41) is 7.48. The van der Waals surface area contributed by atoms with Gasteiger partial charge in [-0.2, -0.15) is 23.4 Å². The van der Waals surface area contributed by atoms with Crippen molar-refractivity contribution in [2.24, 2.45) is 14.1 Å². The molecule has 2 aromatic rings. The monoisotopic (exact) mass is 322 g/mol. The average molecular weight is 323 g/mol. The number of rotatable bonds is 0. The molecule has 2 heterocycles. The Labute approximate surface area is 126 Å². The van der Waals surface area contributed by atoms with Gasteiger partial charge in [0.05, 0.1) is 5.69 Å². The molecule has 118 valence electrons. The first kappa shape index (κ1) is 17.6. The fraction of sp³-hybridized carbons (Fsp3) is 0.538. The van der Waals surface area contributed by atoms with E-state index in [9.17, 15) is 13.2 Å². The second kappa shape index (κ2) is 6.09. The molecule has 0 bridgehead atoms. The Kier molecular flexibility index (Phi) is 5.09. The molecule has 0 atom stereocenters. The zero-order valence-corrected chi connectivity index (χ0v) is 13.6. The Balaban J connectivity index is 0.000000219. The van der Waals surface area contributed by atoms with Gasteiger partial charge in [0.25, 0.3) is 0 Å². The van der Waals surface area contributed by atoms with E-state index in [1.807, 2.05) is 18.7 Å². The zero-order chi connectivity index (χ0) is 16.5. The number of halogens is 4. The lowest BCUT2D eigenvalue weighted by Gasteiger charge is -2.01. The van der Waals surface area contributed by atoms with Crippen molar-refractivity contribution in [3.05, 3.63) is 33.4 Å². The molecule has 2 rings (SSSR count). The molecule has 0 saturated heterocycles. The van der Waals surface area contributed by atoms with Gasteiger partial charge in [0.2, 0.25) is 0 Å². The number of aromatic nitrogens is 4. The predicted molar refractivity (Wildman–Crippen MR) is 75.4 cm³/mol. The molecule has 0 aromatic carbocycles. The maximum atomic E-state index is 12.1. The highest BCUT2D eigenvalue weighted by Gasteiger charge is 2.37. The van der Waals surface area contributed by atoms with Gasteiger partial charge in [-0.1, -0.05) is 11.6 Å². The van der Waals surface area contributed by atoms with Crippen LogP contribution in [0.1, 0.15) is 28.2 Å². The molecular weight excluding hydrogens is 305 g/mol. The third kappa shape index (κ3) is 3.78. The zero-order valence-electron chi connectivity index (χ0n) is 12.8. The van der Waals surface area contributed by atoms with E-state index in [0.29, 0.717) is 0 Å². The average Bonchev–Trinajstić information content (AvgIpc) is 2.75. The van der Waals surface area contributed by atoms with Gasteiger partial charge in [0.1, 0.15) is 5.15 Å². The SMILES string of the molecule is Cc1c(C(F)(F)F)nn(C)c1Cl.Cc1nn(C)c(C)c1C. The van der Waals surface area contributed by atoms with Gasteiger partial charge in [-0.3, -0.25) is 9.36 Å². The van der Waals surface area contributed by atoms with Gasteiger partial charge in [-0.05, 0) is 33.3 Å². The minimum absolute atomic E-state index is 0.0160. The smallest absolute Gasteiger partial charge is 0.272 e. The van der Waals surface area contributed by atoms with Crippen molar-refractivity contribution in [2.75, 3.05) is 0 Å². The minimum Gasteiger partial charge on any atom is -0.272 e. The molecule has 0 aliphatic carbocycles. The van der Waals surface area contributed by atoms with E-state index in [4.69, 9.17) is 11.6 Å². The molecular formula is C13H18ClF3N4. The molecule has 0 saturated carbocycles. The highest BCUT2D eigenvalue weighted by Crippen LogP contribution is 2.33. The van der Waals surface area contributed by atoms with Crippen molar-refractivity contribution in [3.63, 3.8) is 0 Å². The molecule has 0 amide bonds. The summed E-state index contributed by atoms with van der Waals surface area (Å²) in [6.07, 6.45) is -4.42. The lowest BCUT2D eigenvalue weighted by Crippen LogP contribution is -2.08. The van der Waals surface area contributed by atoms with E-state index in [-0.39, 0.29) is 10.7 Å². The topological polar surface area (TPSA) is 35.6 Å². The van der Waals surface area contributed by atoms with Crippen molar-refractivity contribution >= 4 is 11.6 Å². The van der Waals surface area contributed by atoms with Crippen LogP contribution in [0.15, 0.2) is 0 Å². The summed E-state index contributed by atoms with van der Waals surface area (Å²) in [4.78, 5) is 0. The van der Waals surface area contributed by atoms with Crippen LogP contribution in [0.2, 0.25) is 5.15 Å². The maximum absolute atomic E-state index is 12.1. The molecule has 0 radical (unpaired) electrons. The number of aryl methyl sites for hydroxylation is 3. The minimum atomic E-state index is -4.42. The standard InChI is InChI=1S/C7H12N2.C6H6ClF3N2/c1-5-6(2)8-9(4)7(5)3;1-3-4(6(8,9)10)11-12(2)5(3)7/h1-4H3;1-2H3. The summed E-state index contributed by atoms with van der Waals surface area (Å²) in [6, 6.07) is 0. The van der Waals surface area contributed by atoms with Crippen molar-refractivity contribution < 1.29 is 13.2 Å². The van der Waals surface area contributed by atoms with Gasteiger partial charge in [0, 0.05) is 25.4 Å². The summed E-state index contributed by atoms with van der Waals surface area (Å²) >= 11 is 5.50. The van der Waals surface area contributed by atoms with Crippen molar-refractivity contribution in [1.29, 1.82) is 0 Å². The first-order valence-corrected chi connectivity index (χ1v) is 6.57. The van der Waals surface area contributed by atoms with E-state index >= 15 is 0 Å². The van der Waals surface area contributed by atoms with Crippen LogP contribution in [-0.4, -0.2) is 19.6 Å². The van der Waals surface area contributed by atoms with Crippen LogP contribution < -0.4 is 0 Å². The van der Waals surface area contributed by atoms with E-state index in [1.165, 1.54) is 25.2 Å². The van der Waals surface area contributed by atoms with Crippen molar-refractivity contribution in [1.82, 2.24) is 19.6 Å². The summed E-state index contributed by atoms with van der Waals surface area (Å²) in [7, 11) is 3.33. The van der Waals surface area contributed by atoms with Crippen molar-refractivity contribution in [3.8, 4) is 0 Å². The highest BCUT2D eigenvalue weighted by molar-refractivity contribution is 6.30. The number of alkyl halides is 3. The predicted octanol–water partition coefficient (Wildman–Crippen LogP) is 3.75. The Morgan fingerprint density at radius 3 is 1.57 bits per heavy atom. The highest BCUT2D eigenvalue weighted by atomic mass is 35.5. The molecule has 2 aromatic heterocycles. The fourth-order valence-corrected chi connectivity index (χ4v) is 1.89. The van der Waals surface area contributed by atoms with Crippen molar-refractivity contribution in [2.45, 2.75) is 33.9 Å². The Hall–Kier alpha value is -1.50. The van der Waals surface area contributed by atoms with E-state index in [2.05, 4.69) is 24.0 Å². The third-order valence-corrected chi connectivity index (χ3v) is 3.87. The van der Waals surface area contributed by atoms with E-state index in [0.717, 1.165) is 10.4 Å². The molecule has 0 spiro atoms. The Morgan fingerprint density at radius 1 is 0.905 bits per heavy atom. The molecule has 0 aliphatic heterocycles. The van der Waals surface area contributed by atoms with Crippen LogP contribution in [-0.2, 0) is 20.3 Å². The molecule has 0 fully saturated rings. The quantitative estimate of drug-likeness (QED) is 0.740. The largest absolute Gasteiger partial charge is 0.435 e. The van der Waals surface area contributed by atoms with Gasteiger partial charge >= 0.3 is 6.18 Å². The molecule has 4 nitrogen and oxygen atoms in total. The van der Waals surface area contributed by atoms with Gasteiger partial charge in [-0.15, -0.1) is 0 Å². The maximum Gasteiger partial charge on any atom is 0.435 e. The first-order valence-electron chi connectivity index (χ1n) is 6.19. The summed E-state index contributed by atoms with van der Waals surface area (Å²) < 4.78 is 39.2. The first-order chi connectivity index (χ1) is 9.46. The van der Waals surface area contributed by atoms with Crippen LogP contribution >= 0.6 is 11.6 Å². The second-order valence-electron chi connectivity index (χ2n) is 4.81. The Bertz CT molecular complexity index is 618. The van der Waals surface area contributed by atoms with Crippen LogP contribution in [0, 0.1) is 27.7 Å². The van der Waals surface area contributed by atoms with Gasteiger partial charge < -0.3 is 0 Å². The lowest BCUT2D eigenvalue weighted by molar-refractivity contribution is -0.141. The van der Waals surface area contributed by atoms with Crippen LogP contribution in [0.3, 0.4) is 0 Å². The van der Waals surface area contributed by atoms with Gasteiger partial charge in [-0.25, -0.2) is 0 Å². The molecule has 0 aliphatic rings. The Morgan fingerprint density at radius 2 is 1.43 bits per heavy atom. The molecule has 21 heavy (non-hydrogen) atoms. The van der Waals surface area contributed by atoms with Crippen LogP contribution in [0.4, 0.5) is 13.2 Å². The van der Waals surface area contributed by atoms with Crippen LogP contribution in [0.5, 0.6) is 0 Å². The number of hydrogen-bond acceptors (Lipinski definition) is 2. The number of nitrogens with zero attached hydrogens (tertiary/aromatic N) is 4. The number of hydrogen-bond donors (Lipinski definition) is 0. The summed E-state index contributed by atoms with van der Waals surface area (Å²) in [6.45, 7) is 7.49. The van der Waals surface area contributed by atoms with E-state index < -0.39 is 11.9 Å².